The van der Waals surface area contributed by atoms with Crippen LogP contribution in [-0.4, -0.2) is 85.1 Å². The van der Waals surface area contributed by atoms with Gasteiger partial charge in [-0.25, -0.2) is 0 Å². The van der Waals surface area contributed by atoms with Crippen LogP contribution in [0.1, 0.15) is 43.6 Å². The molecule has 164 valence electrons. The summed E-state index contributed by atoms with van der Waals surface area (Å²) in [6, 6.07) is 7.73. The van der Waals surface area contributed by atoms with Gasteiger partial charge in [0, 0.05) is 38.3 Å². The molecular weight excluding hydrogens is 368 g/mol. The highest BCUT2D eigenvalue weighted by Crippen LogP contribution is 2.14. The molecule has 2 rings (SSSR count). The Morgan fingerprint density at radius 2 is 1.97 bits per heavy atom. The number of aryl methyl sites for hydroxylation is 1. The molecule has 0 aliphatic carbocycles. The highest BCUT2D eigenvalue weighted by Gasteiger charge is 2.27. The minimum Gasteiger partial charge on any atom is -0.389 e. The zero-order valence-electron chi connectivity index (χ0n) is 18.6. The average molecular weight is 407 g/mol. The van der Waals surface area contributed by atoms with Gasteiger partial charge in [-0.2, -0.15) is 0 Å². The molecule has 0 bridgehead atoms. The summed E-state index contributed by atoms with van der Waals surface area (Å²) in [5, 5.41) is 10.2. The van der Waals surface area contributed by atoms with Gasteiger partial charge in [-0.05, 0) is 38.8 Å². The molecule has 1 aliphatic heterocycles. The van der Waals surface area contributed by atoms with Crippen LogP contribution in [0.25, 0.3) is 0 Å². The van der Waals surface area contributed by atoms with Gasteiger partial charge in [0.25, 0.3) is 5.91 Å². The maximum absolute atomic E-state index is 13.1. The average Bonchev–Trinajstić information content (AvgIpc) is 2.66. The standard InChI is InChI=1S/C23H38N2O4/c1-17(2)12-25(23(27)20-8-6-19(5)7-9-20)15-22-14-24(10-11-28-22)13-21(26)16-29-18(3)4/h6-9,17-18,21-22,26H,10-16H2,1-5H3. The highest BCUT2D eigenvalue weighted by atomic mass is 16.5. The van der Waals surface area contributed by atoms with Gasteiger partial charge >= 0.3 is 0 Å². The van der Waals surface area contributed by atoms with Crippen LogP contribution in [0.5, 0.6) is 0 Å². The number of morpholine rings is 1. The minimum atomic E-state index is -0.517. The van der Waals surface area contributed by atoms with Crippen molar-refractivity contribution in [3.05, 3.63) is 35.4 Å². The number of aliphatic hydroxyl groups is 1. The van der Waals surface area contributed by atoms with Gasteiger partial charge in [0.2, 0.25) is 0 Å². The van der Waals surface area contributed by atoms with Crippen LogP contribution in [0.3, 0.4) is 0 Å². The second kappa shape index (κ2) is 11.6. The number of rotatable bonds is 10. The molecule has 29 heavy (non-hydrogen) atoms. The first-order valence-electron chi connectivity index (χ1n) is 10.7. The fourth-order valence-corrected chi connectivity index (χ4v) is 3.52. The normalized spacial score (nSPS) is 19.0. The molecule has 1 aromatic rings. The number of carbonyl (C=O) groups excluding carboxylic acids is 1. The minimum absolute atomic E-state index is 0.0461. The predicted octanol–water partition coefficient (Wildman–Crippen LogP) is 2.58. The molecule has 1 aromatic carbocycles. The Morgan fingerprint density at radius 1 is 1.28 bits per heavy atom. The van der Waals surface area contributed by atoms with Gasteiger partial charge in [0.1, 0.15) is 0 Å². The molecule has 0 radical (unpaired) electrons. The molecule has 0 spiro atoms. The van der Waals surface area contributed by atoms with Crippen molar-refractivity contribution in [3.8, 4) is 0 Å². The van der Waals surface area contributed by atoms with E-state index in [0.717, 1.165) is 12.1 Å². The van der Waals surface area contributed by atoms with Gasteiger partial charge in [0.05, 0.1) is 31.5 Å². The molecule has 1 heterocycles. The van der Waals surface area contributed by atoms with Crippen LogP contribution >= 0.6 is 0 Å². The number of amides is 1. The van der Waals surface area contributed by atoms with Crippen molar-refractivity contribution in [1.29, 1.82) is 0 Å². The van der Waals surface area contributed by atoms with Crippen LogP contribution in [0.15, 0.2) is 24.3 Å². The number of ether oxygens (including phenoxy) is 2. The van der Waals surface area contributed by atoms with Crippen molar-refractivity contribution in [3.63, 3.8) is 0 Å². The molecule has 0 saturated carbocycles. The Hall–Kier alpha value is -1.47. The van der Waals surface area contributed by atoms with Crippen LogP contribution in [0, 0.1) is 12.8 Å². The molecule has 6 nitrogen and oxygen atoms in total. The van der Waals surface area contributed by atoms with Crippen LogP contribution < -0.4 is 0 Å². The molecule has 0 aromatic heterocycles. The maximum Gasteiger partial charge on any atom is 0.253 e. The van der Waals surface area contributed by atoms with Crippen LogP contribution in [-0.2, 0) is 9.47 Å². The third kappa shape index (κ3) is 8.42. The Labute approximate surface area is 175 Å². The molecule has 1 saturated heterocycles. The summed E-state index contributed by atoms with van der Waals surface area (Å²) in [5.41, 5.74) is 1.85. The summed E-state index contributed by atoms with van der Waals surface area (Å²) in [6.07, 6.45) is -0.466. The first-order chi connectivity index (χ1) is 13.7. The quantitative estimate of drug-likeness (QED) is 0.647. The van der Waals surface area contributed by atoms with Crippen molar-refractivity contribution < 1.29 is 19.4 Å². The van der Waals surface area contributed by atoms with Gasteiger partial charge in [0.15, 0.2) is 0 Å². The second-order valence-corrected chi connectivity index (χ2v) is 8.76. The summed E-state index contributed by atoms with van der Waals surface area (Å²) < 4.78 is 11.5. The van der Waals surface area contributed by atoms with E-state index >= 15 is 0 Å². The summed E-state index contributed by atoms with van der Waals surface area (Å²) in [5.74, 6) is 0.420. The number of carbonyl (C=O) groups is 1. The lowest BCUT2D eigenvalue weighted by atomic mass is 10.1. The Balaban J connectivity index is 1.95. The monoisotopic (exact) mass is 406 g/mol. The number of aliphatic hydroxyl groups excluding tert-OH is 1. The van der Waals surface area contributed by atoms with E-state index in [1.54, 1.807) is 0 Å². The fraction of sp³-hybridized carbons (Fsp3) is 0.696. The number of hydrogen-bond acceptors (Lipinski definition) is 5. The number of β-amino-alcohol motifs (C(OH)–C–C–N with tert-alkyl or cyclic N) is 1. The molecule has 2 unspecified atom stereocenters. The van der Waals surface area contributed by atoms with E-state index in [1.165, 1.54) is 0 Å². The lowest BCUT2D eigenvalue weighted by Gasteiger charge is -2.37. The Morgan fingerprint density at radius 3 is 2.59 bits per heavy atom. The van der Waals surface area contributed by atoms with Gasteiger partial charge in [-0.15, -0.1) is 0 Å². The van der Waals surface area contributed by atoms with Gasteiger partial charge in [-0.3, -0.25) is 9.69 Å². The first-order valence-corrected chi connectivity index (χ1v) is 10.7. The lowest BCUT2D eigenvalue weighted by molar-refractivity contribution is -0.0631. The van der Waals surface area contributed by atoms with Gasteiger partial charge < -0.3 is 19.5 Å². The van der Waals surface area contributed by atoms with E-state index in [1.807, 2.05) is 49.9 Å². The largest absolute Gasteiger partial charge is 0.389 e. The maximum atomic E-state index is 13.1. The van der Waals surface area contributed by atoms with E-state index < -0.39 is 6.10 Å². The van der Waals surface area contributed by atoms with Crippen molar-refractivity contribution in [1.82, 2.24) is 9.80 Å². The number of nitrogens with zero attached hydrogens (tertiary/aromatic N) is 2. The lowest BCUT2D eigenvalue weighted by Crippen LogP contribution is -2.51. The molecular formula is C23H38N2O4. The third-order valence-corrected chi connectivity index (χ3v) is 4.91. The zero-order valence-corrected chi connectivity index (χ0v) is 18.6. The summed E-state index contributed by atoms with van der Waals surface area (Å²) in [4.78, 5) is 17.2. The molecule has 1 amide bonds. The number of hydrogen-bond donors (Lipinski definition) is 1. The van der Waals surface area contributed by atoms with Gasteiger partial charge in [-0.1, -0.05) is 31.5 Å². The molecule has 2 atom stereocenters. The molecule has 1 fully saturated rings. The van der Waals surface area contributed by atoms with Crippen LogP contribution in [0.2, 0.25) is 0 Å². The van der Waals surface area contributed by atoms with Crippen molar-refractivity contribution >= 4 is 5.91 Å². The molecule has 1 N–H and O–H groups in total. The van der Waals surface area contributed by atoms with E-state index in [0.29, 0.717) is 50.9 Å². The Kier molecular flexibility index (Phi) is 9.56. The smallest absolute Gasteiger partial charge is 0.253 e. The molecule has 6 heteroatoms. The SMILES string of the molecule is Cc1ccc(C(=O)N(CC(C)C)CC2CN(CC(O)COC(C)C)CCO2)cc1. The van der Waals surface area contributed by atoms with E-state index in [2.05, 4.69) is 18.7 Å². The topological polar surface area (TPSA) is 62.2 Å². The van der Waals surface area contributed by atoms with Crippen molar-refractivity contribution in [2.45, 2.75) is 52.9 Å². The molecule has 1 aliphatic rings. The third-order valence-electron chi connectivity index (χ3n) is 4.91. The summed E-state index contributed by atoms with van der Waals surface area (Å²) in [6.45, 7) is 14.4. The Bertz CT molecular complexity index is 618. The van der Waals surface area contributed by atoms with Crippen molar-refractivity contribution in [2.24, 2.45) is 5.92 Å². The first kappa shape index (κ1) is 23.8. The second-order valence-electron chi connectivity index (χ2n) is 8.76. The van der Waals surface area contributed by atoms with Crippen LogP contribution in [0.4, 0.5) is 0 Å². The fourth-order valence-electron chi connectivity index (χ4n) is 3.52. The summed E-state index contributed by atoms with van der Waals surface area (Å²) in [7, 11) is 0. The number of benzene rings is 1. The highest BCUT2D eigenvalue weighted by molar-refractivity contribution is 5.94. The van der Waals surface area contributed by atoms with E-state index in [9.17, 15) is 9.90 Å². The predicted molar refractivity (Wildman–Crippen MR) is 115 cm³/mol. The zero-order chi connectivity index (χ0) is 21.4. The summed E-state index contributed by atoms with van der Waals surface area (Å²) >= 11 is 0. The van der Waals surface area contributed by atoms with E-state index in [-0.39, 0.29) is 18.1 Å². The van der Waals surface area contributed by atoms with Crippen molar-refractivity contribution in [2.75, 3.05) is 45.9 Å². The van der Waals surface area contributed by atoms with E-state index in [4.69, 9.17) is 9.47 Å².